The summed E-state index contributed by atoms with van der Waals surface area (Å²) in [6, 6.07) is 4.22. The molecule has 1 unspecified atom stereocenters. The quantitative estimate of drug-likeness (QED) is 0.125. The van der Waals surface area contributed by atoms with Crippen LogP contribution in [0.3, 0.4) is 0 Å². The molecule has 17 nitrogen and oxygen atoms in total. The monoisotopic (exact) mass is 530 g/mol. The van der Waals surface area contributed by atoms with E-state index in [1.807, 2.05) is 11.9 Å². The third kappa shape index (κ3) is 8.41. The molecular weight excluding hydrogens is 504 g/mol. The van der Waals surface area contributed by atoms with Crippen molar-refractivity contribution in [1.29, 1.82) is 0 Å². The number of carboxylic acids is 2. The number of carbonyl (C=O) groups excluding carboxylic acids is 2. The van der Waals surface area contributed by atoms with Crippen molar-refractivity contribution in [2.24, 2.45) is 5.73 Å². The third-order valence-corrected chi connectivity index (χ3v) is 4.83. The zero-order chi connectivity index (χ0) is 28.4. The van der Waals surface area contributed by atoms with Gasteiger partial charge in [-0.05, 0) is 30.7 Å². The van der Waals surface area contributed by atoms with Gasteiger partial charge in [-0.1, -0.05) is 0 Å². The topological polar surface area (TPSA) is 286 Å². The SMILES string of the molecule is CN(Cc1cnc2nc(N)nc(N)c2n1)c1ccc(C(=O)NC(CCC(=O)O)C(=O)O)cc1.NC(=O)NO. The van der Waals surface area contributed by atoms with Crippen LogP contribution in [0.2, 0.25) is 0 Å². The Morgan fingerprint density at radius 2 is 1.68 bits per heavy atom. The number of fused-ring (bicyclic) bond motifs is 1. The number of nitrogens with two attached hydrogens (primary N) is 3. The summed E-state index contributed by atoms with van der Waals surface area (Å²) in [5, 5.41) is 27.7. The van der Waals surface area contributed by atoms with Crippen LogP contribution in [0.4, 0.5) is 22.2 Å². The second kappa shape index (κ2) is 13.1. The first kappa shape index (κ1) is 28.9. The van der Waals surface area contributed by atoms with Crippen LogP contribution in [0.25, 0.3) is 11.2 Å². The maximum absolute atomic E-state index is 12.4. The highest BCUT2D eigenvalue weighted by Gasteiger charge is 2.21. The Morgan fingerprint density at radius 1 is 1.05 bits per heavy atom. The summed E-state index contributed by atoms with van der Waals surface area (Å²) in [6.45, 7) is 0.370. The van der Waals surface area contributed by atoms with Crippen LogP contribution in [-0.4, -0.2) is 72.3 Å². The fourth-order valence-electron chi connectivity index (χ4n) is 3.03. The number of nitrogens with one attached hydrogen (secondary N) is 2. The average Bonchev–Trinajstić information content (AvgIpc) is 2.86. The summed E-state index contributed by atoms with van der Waals surface area (Å²) in [7, 11) is 1.82. The maximum atomic E-state index is 12.4. The molecule has 1 atom stereocenters. The van der Waals surface area contributed by atoms with Crippen molar-refractivity contribution in [2.75, 3.05) is 23.4 Å². The Hall–Kier alpha value is -5.32. The van der Waals surface area contributed by atoms with Crippen molar-refractivity contribution in [3.8, 4) is 0 Å². The van der Waals surface area contributed by atoms with E-state index in [0.29, 0.717) is 23.4 Å². The van der Waals surface area contributed by atoms with Gasteiger partial charge in [-0.2, -0.15) is 9.97 Å². The zero-order valence-electron chi connectivity index (χ0n) is 20.0. The Kier molecular flexibility index (Phi) is 9.98. The largest absolute Gasteiger partial charge is 0.481 e. The van der Waals surface area contributed by atoms with Crippen LogP contribution in [-0.2, 0) is 16.1 Å². The van der Waals surface area contributed by atoms with Gasteiger partial charge in [0.25, 0.3) is 5.91 Å². The van der Waals surface area contributed by atoms with Gasteiger partial charge in [0.1, 0.15) is 6.04 Å². The number of aliphatic carboxylic acids is 2. The molecule has 3 amide bonds. The number of nitrogen functional groups attached to an aromatic ring is 2. The number of benzene rings is 1. The lowest BCUT2D eigenvalue weighted by Gasteiger charge is -2.19. The van der Waals surface area contributed by atoms with E-state index in [2.05, 4.69) is 31.0 Å². The maximum Gasteiger partial charge on any atom is 0.335 e. The molecule has 0 spiro atoms. The van der Waals surface area contributed by atoms with Gasteiger partial charge in [0.2, 0.25) is 5.95 Å². The summed E-state index contributed by atoms with van der Waals surface area (Å²) in [5.74, 6) is -2.91. The van der Waals surface area contributed by atoms with Crippen LogP contribution in [0, 0.1) is 0 Å². The number of carbonyl (C=O) groups is 4. The molecule has 2 aromatic heterocycles. The molecule has 0 aliphatic carbocycles. The van der Waals surface area contributed by atoms with Gasteiger partial charge < -0.3 is 37.6 Å². The second-order valence-corrected chi connectivity index (χ2v) is 7.68. The Bertz CT molecular complexity index is 1320. The number of urea groups is 1. The first-order chi connectivity index (χ1) is 17.9. The summed E-state index contributed by atoms with van der Waals surface area (Å²) in [4.78, 5) is 61.9. The first-order valence-electron chi connectivity index (χ1n) is 10.7. The number of carboxylic acid groups (broad SMARTS) is 2. The molecule has 0 saturated carbocycles. The van der Waals surface area contributed by atoms with E-state index in [9.17, 15) is 24.3 Å². The molecule has 0 radical (unpaired) electrons. The summed E-state index contributed by atoms with van der Waals surface area (Å²) in [5.41, 5.74) is 19.1. The zero-order valence-corrected chi connectivity index (χ0v) is 20.0. The minimum absolute atomic E-state index is 0.0138. The van der Waals surface area contributed by atoms with Crippen molar-refractivity contribution < 1.29 is 34.6 Å². The minimum atomic E-state index is -1.30. The van der Waals surface area contributed by atoms with Crippen molar-refractivity contribution >= 4 is 52.5 Å². The molecule has 3 rings (SSSR count). The smallest absolute Gasteiger partial charge is 0.335 e. The molecule has 38 heavy (non-hydrogen) atoms. The Labute approximate surface area is 214 Å². The van der Waals surface area contributed by atoms with Crippen LogP contribution >= 0.6 is 0 Å². The van der Waals surface area contributed by atoms with E-state index in [0.717, 1.165) is 5.69 Å². The number of aromatic nitrogens is 4. The molecule has 1 aromatic carbocycles. The van der Waals surface area contributed by atoms with Crippen molar-refractivity contribution in [3.63, 3.8) is 0 Å². The van der Waals surface area contributed by atoms with E-state index in [1.165, 1.54) is 17.6 Å². The molecule has 11 N–H and O–H groups in total. The molecule has 17 heteroatoms. The fourth-order valence-corrected chi connectivity index (χ4v) is 3.03. The van der Waals surface area contributed by atoms with E-state index >= 15 is 0 Å². The van der Waals surface area contributed by atoms with E-state index < -0.39 is 29.9 Å². The van der Waals surface area contributed by atoms with E-state index in [4.69, 9.17) is 21.8 Å². The molecule has 0 aliphatic heterocycles. The van der Waals surface area contributed by atoms with Crippen molar-refractivity contribution in [2.45, 2.75) is 25.4 Å². The number of hydroxylamine groups is 1. The lowest BCUT2D eigenvalue weighted by Crippen LogP contribution is -2.41. The molecule has 0 aliphatic rings. The lowest BCUT2D eigenvalue weighted by molar-refractivity contribution is -0.140. The molecule has 3 aromatic rings. The molecular formula is C21H26N10O7. The molecule has 0 bridgehead atoms. The van der Waals surface area contributed by atoms with Crippen molar-refractivity contribution in [3.05, 3.63) is 41.7 Å². The predicted molar refractivity (Wildman–Crippen MR) is 133 cm³/mol. The highest BCUT2D eigenvalue weighted by molar-refractivity contribution is 5.97. The summed E-state index contributed by atoms with van der Waals surface area (Å²) >= 11 is 0. The number of amides is 3. The van der Waals surface area contributed by atoms with Gasteiger partial charge in [-0.15, -0.1) is 0 Å². The van der Waals surface area contributed by atoms with E-state index in [1.54, 1.807) is 18.3 Å². The van der Waals surface area contributed by atoms with Gasteiger partial charge in [0, 0.05) is 24.7 Å². The number of hydrogen-bond acceptors (Lipinski definition) is 12. The van der Waals surface area contributed by atoms with Gasteiger partial charge in [-0.25, -0.2) is 25.0 Å². The highest BCUT2D eigenvalue weighted by atomic mass is 16.5. The van der Waals surface area contributed by atoms with Crippen LogP contribution < -0.4 is 32.9 Å². The molecule has 0 fully saturated rings. The Morgan fingerprint density at radius 3 is 2.24 bits per heavy atom. The minimum Gasteiger partial charge on any atom is -0.481 e. The van der Waals surface area contributed by atoms with Gasteiger partial charge >= 0.3 is 18.0 Å². The molecule has 202 valence electrons. The summed E-state index contributed by atoms with van der Waals surface area (Å²) in [6.07, 6.45) is 0.964. The standard InChI is InChI=1S/C20H22N8O5.CH4N2O2/c1-28(9-11-8-23-17-15(24-11)16(21)26-20(22)27-17)12-4-2-10(3-5-12)18(31)25-13(19(32)33)6-7-14(29)30;2-1(4)3-5/h2-5,8,13H,6-7,9H2,1H3,(H,25,31)(H,29,30)(H,32,33)(H4,21,22,23,26,27);5H,(H3,2,3,4). The second-order valence-electron chi connectivity index (χ2n) is 7.68. The lowest BCUT2D eigenvalue weighted by atomic mass is 10.1. The molecule has 2 heterocycles. The Balaban J connectivity index is 0.000000926. The normalized spacial score (nSPS) is 11.0. The van der Waals surface area contributed by atoms with Gasteiger partial charge in [-0.3, -0.25) is 14.8 Å². The third-order valence-electron chi connectivity index (χ3n) is 4.83. The van der Waals surface area contributed by atoms with Crippen molar-refractivity contribution in [1.82, 2.24) is 30.7 Å². The van der Waals surface area contributed by atoms with Crippen LogP contribution in [0.5, 0.6) is 0 Å². The van der Waals surface area contributed by atoms with Gasteiger partial charge in [0.05, 0.1) is 18.4 Å². The number of rotatable bonds is 9. The van der Waals surface area contributed by atoms with Crippen LogP contribution in [0.15, 0.2) is 30.5 Å². The van der Waals surface area contributed by atoms with E-state index in [-0.39, 0.29) is 30.2 Å². The number of primary amides is 1. The van der Waals surface area contributed by atoms with Gasteiger partial charge in [0.15, 0.2) is 17.0 Å². The number of hydrogen-bond donors (Lipinski definition) is 8. The summed E-state index contributed by atoms with van der Waals surface area (Å²) < 4.78 is 0. The molecule has 0 saturated heterocycles. The predicted octanol–water partition coefficient (Wildman–Crippen LogP) is -0.688. The number of nitrogens with zero attached hydrogens (tertiary/aromatic N) is 5. The average molecular weight is 531 g/mol. The number of anilines is 3. The highest BCUT2D eigenvalue weighted by Crippen LogP contribution is 2.19. The first-order valence-corrected chi connectivity index (χ1v) is 10.7. The van der Waals surface area contributed by atoms with Crippen LogP contribution in [0.1, 0.15) is 28.9 Å². The fraction of sp³-hybridized carbons (Fsp3) is 0.238.